The molecule has 32 heavy (non-hydrogen) atoms. The van der Waals surface area contributed by atoms with E-state index in [2.05, 4.69) is 0 Å². The largest absolute Gasteiger partial charge is 0.486 e. The van der Waals surface area contributed by atoms with Crippen LogP contribution >= 0.6 is 0 Å². The topological polar surface area (TPSA) is 126 Å². The third-order valence-corrected chi connectivity index (χ3v) is 6.55. The standard InChI is InChI=1S/C23H21N3O6/c1-2-23(29)15-5-17-20-12(8-26(17)21(27)14(15)10-31-22(23)28)3-11-4-19-18(6-16(11)25-20)30-9-13(7-24)32-19/h3-6,13,29H,2,7-10,24H2,1H3/t13?,23-/m0/s1. The molecule has 6 rings (SSSR count). The van der Waals surface area contributed by atoms with Gasteiger partial charge in [0.2, 0.25) is 0 Å². The molecule has 3 aliphatic rings. The summed E-state index contributed by atoms with van der Waals surface area (Å²) in [5, 5.41) is 11.8. The van der Waals surface area contributed by atoms with E-state index in [1.807, 2.05) is 18.2 Å². The predicted octanol–water partition coefficient (Wildman–Crippen LogP) is 1.18. The van der Waals surface area contributed by atoms with Crippen molar-refractivity contribution in [3.8, 4) is 22.9 Å². The molecule has 2 atom stereocenters. The first-order chi connectivity index (χ1) is 15.4. The first-order valence-corrected chi connectivity index (χ1v) is 10.6. The molecular formula is C23H21N3O6. The molecule has 0 saturated carbocycles. The number of rotatable bonds is 2. The van der Waals surface area contributed by atoms with Gasteiger partial charge in [-0.15, -0.1) is 0 Å². The smallest absolute Gasteiger partial charge is 0.343 e. The van der Waals surface area contributed by atoms with Gasteiger partial charge in [0.25, 0.3) is 5.56 Å². The Hall–Kier alpha value is -3.43. The second-order valence-corrected chi connectivity index (χ2v) is 8.38. The molecule has 3 aliphatic heterocycles. The van der Waals surface area contributed by atoms with Crippen LogP contribution in [0.25, 0.3) is 22.3 Å². The van der Waals surface area contributed by atoms with Crippen molar-refractivity contribution >= 4 is 16.9 Å². The van der Waals surface area contributed by atoms with Gasteiger partial charge < -0.3 is 29.6 Å². The van der Waals surface area contributed by atoms with Crippen LogP contribution in [0.4, 0.5) is 0 Å². The van der Waals surface area contributed by atoms with Crippen LogP contribution in [0.2, 0.25) is 0 Å². The van der Waals surface area contributed by atoms with Gasteiger partial charge in [0, 0.05) is 29.1 Å². The van der Waals surface area contributed by atoms with Crippen molar-refractivity contribution < 1.29 is 24.1 Å². The summed E-state index contributed by atoms with van der Waals surface area (Å²) in [6, 6.07) is 7.37. The van der Waals surface area contributed by atoms with E-state index in [0.29, 0.717) is 59.2 Å². The molecule has 1 aromatic carbocycles. The summed E-state index contributed by atoms with van der Waals surface area (Å²) in [5.41, 5.74) is 6.97. The van der Waals surface area contributed by atoms with Gasteiger partial charge in [-0.1, -0.05) is 6.92 Å². The number of benzene rings is 1. The van der Waals surface area contributed by atoms with Crippen molar-refractivity contribution in [3.05, 3.63) is 51.3 Å². The Labute approximate surface area is 182 Å². The SMILES string of the molecule is CC[C@@]1(O)C(=O)OCc2c1cc1n(c2=O)Cc2cc3cc4c(cc3nc2-1)OCC(CN)O4. The minimum atomic E-state index is -1.84. The lowest BCUT2D eigenvalue weighted by Crippen LogP contribution is -2.44. The Balaban J connectivity index is 1.53. The monoisotopic (exact) mass is 435 g/mol. The van der Waals surface area contributed by atoms with E-state index in [0.717, 1.165) is 10.9 Å². The van der Waals surface area contributed by atoms with Crippen molar-refractivity contribution in [1.29, 1.82) is 0 Å². The Morgan fingerprint density at radius 1 is 1.22 bits per heavy atom. The number of aromatic nitrogens is 2. The zero-order valence-corrected chi connectivity index (χ0v) is 17.4. The second kappa shape index (κ2) is 6.54. The van der Waals surface area contributed by atoms with Crippen molar-refractivity contribution in [1.82, 2.24) is 9.55 Å². The number of cyclic esters (lactones) is 1. The normalized spacial score (nSPS) is 22.8. The first kappa shape index (κ1) is 19.3. The van der Waals surface area contributed by atoms with Crippen LogP contribution < -0.4 is 20.8 Å². The molecule has 0 aliphatic carbocycles. The Bertz CT molecular complexity index is 1380. The molecule has 2 aromatic heterocycles. The molecule has 0 amide bonds. The lowest BCUT2D eigenvalue weighted by molar-refractivity contribution is -0.172. The van der Waals surface area contributed by atoms with Gasteiger partial charge in [0.15, 0.2) is 17.1 Å². The molecule has 0 fully saturated rings. The molecular weight excluding hydrogens is 414 g/mol. The molecule has 164 valence electrons. The zero-order valence-electron chi connectivity index (χ0n) is 17.4. The summed E-state index contributed by atoms with van der Waals surface area (Å²) < 4.78 is 18.4. The number of aliphatic hydroxyl groups is 1. The highest BCUT2D eigenvalue weighted by molar-refractivity contribution is 5.88. The van der Waals surface area contributed by atoms with E-state index in [-0.39, 0.29) is 24.7 Å². The van der Waals surface area contributed by atoms with E-state index < -0.39 is 11.6 Å². The van der Waals surface area contributed by atoms with Gasteiger partial charge >= 0.3 is 5.97 Å². The third kappa shape index (κ3) is 2.49. The van der Waals surface area contributed by atoms with E-state index in [9.17, 15) is 14.7 Å². The van der Waals surface area contributed by atoms with Gasteiger partial charge in [-0.3, -0.25) is 4.79 Å². The van der Waals surface area contributed by atoms with Crippen LogP contribution in [0.5, 0.6) is 11.5 Å². The zero-order chi connectivity index (χ0) is 22.2. The van der Waals surface area contributed by atoms with E-state index >= 15 is 0 Å². The summed E-state index contributed by atoms with van der Waals surface area (Å²) in [5.74, 6) is 0.479. The van der Waals surface area contributed by atoms with Crippen molar-refractivity contribution in [2.24, 2.45) is 5.73 Å². The maximum absolute atomic E-state index is 13.2. The number of nitrogens with two attached hydrogens (primary N) is 1. The van der Waals surface area contributed by atoms with Crippen molar-refractivity contribution in [2.45, 2.75) is 38.2 Å². The molecule has 9 nitrogen and oxygen atoms in total. The van der Waals surface area contributed by atoms with E-state index in [1.54, 1.807) is 17.6 Å². The summed E-state index contributed by atoms with van der Waals surface area (Å²) in [6.45, 7) is 2.61. The van der Waals surface area contributed by atoms with Gasteiger partial charge in [-0.05, 0) is 24.6 Å². The third-order valence-electron chi connectivity index (χ3n) is 6.55. The fourth-order valence-corrected chi connectivity index (χ4v) is 4.71. The van der Waals surface area contributed by atoms with Gasteiger partial charge in [0.05, 0.1) is 29.0 Å². The maximum atomic E-state index is 13.2. The second-order valence-electron chi connectivity index (χ2n) is 8.38. The van der Waals surface area contributed by atoms with Gasteiger partial charge in [-0.2, -0.15) is 0 Å². The van der Waals surface area contributed by atoms with Crippen LogP contribution in [-0.4, -0.2) is 39.9 Å². The number of fused-ring (bicyclic) bond motifs is 6. The maximum Gasteiger partial charge on any atom is 0.343 e. The molecule has 5 heterocycles. The highest BCUT2D eigenvalue weighted by atomic mass is 16.6. The minimum absolute atomic E-state index is 0.104. The number of carbonyl (C=O) groups excluding carboxylic acids is 1. The number of hydrogen-bond donors (Lipinski definition) is 2. The van der Waals surface area contributed by atoms with Crippen LogP contribution in [0.3, 0.4) is 0 Å². The summed E-state index contributed by atoms with van der Waals surface area (Å²) >= 11 is 0. The fourth-order valence-electron chi connectivity index (χ4n) is 4.71. The Morgan fingerprint density at radius 2 is 2.06 bits per heavy atom. The summed E-state index contributed by atoms with van der Waals surface area (Å²) in [7, 11) is 0. The van der Waals surface area contributed by atoms with Crippen LogP contribution in [-0.2, 0) is 28.3 Å². The quantitative estimate of drug-likeness (QED) is 0.450. The average Bonchev–Trinajstić information content (AvgIpc) is 3.16. The molecule has 0 saturated heterocycles. The Morgan fingerprint density at radius 3 is 2.84 bits per heavy atom. The first-order valence-electron chi connectivity index (χ1n) is 10.6. The molecule has 3 N–H and O–H groups in total. The summed E-state index contributed by atoms with van der Waals surface area (Å²) in [6.07, 6.45) is -0.0914. The number of nitrogens with zero attached hydrogens (tertiary/aromatic N) is 2. The minimum Gasteiger partial charge on any atom is -0.486 e. The van der Waals surface area contributed by atoms with E-state index in [4.69, 9.17) is 24.9 Å². The van der Waals surface area contributed by atoms with Crippen LogP contribution in [0.1, 0.15) is 30.0 Å². The molecule has 0 spiro atoms. The molecule has 1 unspecified atom stereocenters. The summed E-state index contributed by atoms with van der Waals surface area (Å²) in [4.78, 5) is 30.3. The number of carbonyl (C=O) groups is 1. The van der Waals surface area contributed by atoms with Gasteiger partial charge in [0.1, 0.15) is 19.3 Å². The van der Waals surface area contributed by atoms with Crippen LogP contribution in [0, 0.1) is 0 Å². The highest BCUT2D eigenvalue weighted by Gasteiger charge is 2.45. The molecule has 0 bridgehead atoms. The molecule has 3 aromatic rings. The van der Waals surface area contributed by atoms with Crippen molar-refractivity contribution in [2.75, 3.05) is 13.2 Å². The highest BCUT2D eigenvalue weighted by Crippen LogP contribution is 2.41. The fraction of sp³-hybridized carbons (Fsp3) is 0.348. The lowest BCUT2D eigenvalue weighted by atomic mass is 9.86. The number of esters is 1. The number of pyridine rings is 2. The molecule has 0 radical (unpaired) electrons. The number of ether oxygens (including phenoxy) is 3. The lowest BCUT2D eigenvalue weighted by Gasteiger charge is -2.31. The van der Waals surface area contributed by atoms with Crippen LogP contribution in [0.15, 0.2) is 29.1 Å². The number of hydrogen-bond acceptors (Lipinski definition) is 8. The Kier molecular flexibility index (Phi) is 3.94. The van der Waals surface area contributed by atoms with E-state index in [1.165, 1.54) is 0 Å². The predicted molar refractivity (Wildman–Crippen MR) is 113 cm³/mol. The van der Waals surface area contributed by atoms with Crippen molar-refractivity contribution in [3.63, 3.8) is 0 Å². The average molecular weight is 435 g/mol. The molecule has 9 heteroatoms. The van der Waals surface area contributed by atoms with Gasteiger partial charge in [-0.25, -0.2) is 9.78 Å².